The second-order valence-electron chi connectivity index (χ2n) is 6.42. The molecule has 4 aromatic rings. The molecule has 2 N–H and O–H groups in total. The summed E-state index contributed by atoms with van der Waals surface area (Å²) < 4.78 is 16.1. The van der Waals surface area contributed by atoms with Crippen LogP contribution in [0.5, 0.6) is 11.5 Å². The van der Waals surface area contributed by atoms with Crippen molar-refractivity contribution >= 4 is 17.2 Å². The number of H-pyrrole nitrogens is 1. The van der Waals surface area contributed by atoms with E-state index in [1.54, 1.807) is 38.7 Å². The number of carbonyl (C=O) groups is 1. The fourth-order valence-electron chi connectivity index (χ4n) is 2.94. The van der Waals surface area contributed by atoms with Crippen molar-refractivity contribution in [1.82, 2.24) is 20.5 Å². The van der Waals surface area contributed by atoms with Gasteiger partial charge in [-0.25, -0.2) is 4.98 Å². The first kappa shape index (κ1) is 19.7. The van der Waals surface area contributed by atoms with Crippen LogP contribution >= 0.6 is 11.3 Å². The molecule has 154 valence electrons. The van der Waals surface area contributed by atoms with Gasteiger partial charge in [0.25, 0.3) is 5.91 Å². The van der Waals surface area contributed by atoms with Gasteiger partial charge in [0.2, 0.25) is 0 Å². The number of ether oxygens (including phenoxy) is 2. The molecule has 0 saturated heterocycles. The lowest BCUT2D eigenvalue weighted by atomic mass is 10.1. The topological polar surface area (TPSA) is 102 Å². The lowest BCUT2D eigenvalue weighted by Crippen LogP contribution is -2.23. The smallest absolute Gasteiger partial charge is 0.269 e. The number of hydrogen-bond donors (Lipinski definition) is 2. The maximum Gasteiger partial charge on any atom is 0.269 e. The summed E-state index contributed by atoms with van der Waals surface area (Å²) in [6, 6.07) is 10.8. The minimum Gasteiger partial charge on any atom is -0.497 e. The molecule has 0 saturated carbocycles. The van der Waals surface area contributed by atoms with Gasteiger partial charge < -0.3 is 19.2 Å². The maximum absolute atomic E-state index is 12.6. The Morgan fingerprint density at radius 3 is 2.83 bits per heavy atom. The van der Waals surface area contributed by atoms with Gasteiger partial charge in [-0.05, 0) is 43.3 Å². The van der Waals surface area contributed by atoms with Crippen molar-refractivity contribution in [3.05, 3.63) is 58.9 Å². The fraction of sp³-hybridized carbons (Fsp3) is 0.190. The van der Waals surface area contributed by atoms with Crippen LogP contribution in [0.4, 0.5) is 0 Å². The Labute approximate surface area is 176 Å². The molecule has 3 aromatic heterocycles. The van der Waals surface area contributed by atoms with Crippen LogP contribution in [0.2, 0.25) is 0 Å². The van der Waals surface area contributed by atoms with Crippen molar-refractivity contribution in [3.8, 4) is 33.5 Å². The highest BCUT2D eigenvalue weighted by molar-refractivity contribution is 7.15. The zero-order valence-corrected chi connectivity index (χ0v) is 17.5. The Balaban J connectivity index is 1.48. The highest BCUT2D eigenvalue weighted by Gasteiger charge is 2.16. The van der Waals surface area contributed by atoms with Gasteiger partial charge in [0.1, 0.15) is 17.2 Å². The fourth-order valence-corrected chi connectivity index (χ4v) is 3.91. The van der Waals surface area contributed by atoms with E-state index >= 15 is 0 Å². The maximum atomic E-state index is 12.6. The molecular formula is C21H20N4O4S. The number of thiazole rings is 1. The lowest BCUT2D eigenvalue weighted by Gasteiger charge is -2.08. The van der Waals surface area contributed by atoms with E-state index in [0.29, 0.717) is 35.2 Å². The first-order valence-electron chi connectivity index (χ1n) is 9.15. The second kappa shape index (κ2) is 8.42. The largest absolute Gasteiger partial charge is 0.497 e. The summed E-state index contributed by atoms with van der Waals surface area (Å²) in [7, 11) is 3.17. The Bertz CT molecular complexity index is 1160. The third kappa shape index (κ3) is 3.92. The van der Waals surface area contributed by atoms with Crippen LogP contribution in [-0.2, 0) is 6.54 Å². The Morgan fingerprint density at radius 1 is 1.23 bits per heavy atom. The molecule has 0 aliphatic heterocycles. The highest BCUT2D eigenvalue weighted by atomic mass is 32.1. The minimum atomic E-state index is -0.261. The van der Waals surface area contributed by atoms with Gasteiger partial charge in [-0.3, -0.25) is 9.89 Å². The van der Waals surface area contributed by atoms with Gasteiger partial charge in [0.15, 0.2) is 10.8 Å². The summed E-state index contributed by atoms with van der Waals surface area (Å²) in [5.74, 6) is 1.77. The number of rotatable bonds is 7. The quantitative estimate of drug-likeness (QED) is 0.464. The number of amides is 1. The number of hydrogen-bond acceptors (Lipinski definition) is 7. The monoisotopic (exact) mass is 424 g/mol. The SMILES string of the molecule is COc1ccc(OC)c(-c2cc(C(=O)NCc3sc(-c4ccco4)nc3C)[nH]n2)c1. The van der Waals surface area contributed by atoms with Crippen LogP contribution in [0.1, 0.15) is 21.1 Å². The van der Waals surface area contributed by atoms with E-state index in [1.165, 1.54) is 11.3 Å². The number of methoxy groups -OCH3 is 2. The van der Waals surface area contributed by atoms with E-state index in [4.69, 9.17) is 13.9 Å². The minimum absolute atomic E-state index is 0.261. The number of aromatic nitrogens is 3. The van der Waals surface area contributed by atoms with E-state index in [1.807, 2.05) is 25.1 Å². The zero-order valence-electron chi connectivity index (χ0n) is 16.7. The van der Waals surface area contributed by atoms with Crippen LogP contribution < -0.4 is 14.8 Å². The lowest BCUT2D eigenvalue weighted by molar-refractivity contribution is 0.0946. The van der Waals surface area contributed by atoms with E-state index in [2.05, 4.69) is 20.5 Å². The first-order valence-corrected chi connectivity index (χ1v) is 9.97. The molecule has 0 radical (unpaired) electrons. The van der Waals surface area contributed by atoms with Crippen LogP contribution in [0.25, 0.3) is 22.0 Å². The Morgan fingerprint density at radius 2 is 2.10 bits per heavy atom. The summed E-state index contributed by atoms with van der Waals surface area (Å²) >= 11 is 1.49. The average Bonchev–Trinajstić information content (AvgIpc) is 3.52. The molecule has 3 heterocycles. The molecule has 9 heteroatoms. The third-order valence-corrected chi connectivity index (χ3v) is 5.71. The third-order valence-electron chi connectivity index (χ3n) is 4.54. The van der Waals surface area contributed by atoms with Crippen LogP contribution in [0.3, 0.4) is 0 Å². The Hall–Kier alpha value is -3.59. The zero-order chi connectivity index (χ0) is 21.1. The molecule has 1 aromatic carbocycles. The van der Waals surface area contributed by atoms with Crippen molar-refractivity contribution in [3.63, 3.8) is 0 Å². The normalized spacial score (nSPS) is 10.8. The molecule has 30 heavy (non-hydrogen) atoms. The van der Waals surface area contributed by atoms with Crippen molar-refractivity contribution in [2.24, 2.45) is 0 Å². The molecule has 0 fully saturated rings. The predicted octanol–water partition coefficient (Wildman–Crippen LogP) is 4.05. The van der Waals surface area contributed by atoms with E-state index < -0.39 is 0 Å². The summed E-state index contributed by atoms with van der Waals surface area (Å²) in [6.07, 6.45) is 1.61. The summed E-state index contributed by atoms with van der Waals surface area (Å²) in [5.41, 5.74) is 2.53. The Kier molecular flexibility index (Phi) is 5.53. The van der Waals surface area contributed by atoms with Crippen molar-refractivity contribution < 1.29 is 18.7 Å². The average molecular weight is 424 g/mol. The molecular weight excluding hydrogens is 404 g/mol. The van der Waals surface area contributed by atoms with Gasteiger partial charge >= 0.3 is 0 Å². The molecule has 0 atom stereocenters. The first-order chi connectivity index (χ1) is 14.6. The molecule has 1 amide bonds. The summed E-state index contributed by atoms with van der Waals surface area (Å²) in [5, 5.41) is 10.7. The van der Waals surface area contributed by atoms with Crippen molar-refractivity contribution in [2.75, 3.05) is 14.2 Å². The van der Waals surface area contributed by atoms with Gasteiger partial charge in [0.05, 0.1) is 38.4 Å². The van der Waals surface area contributed by atoms with Gasteiger partial charge in [-0.1, -0.05) is 0 Å². The molecule has 0 unspecified atom stereocenters. The van der Waals surface area contributed by atoms with Gasteiger partial charge in [-0.15, -0.1) is 11.3 Å². The number of furan rings is 1. The van der Waals surface area contributed by atoms with E-state index in [0.717, 1.165) is 21.1 Å². The number of carbonyl (C=O) groups excluding carboxylic acids is 1. The number of nitrogens with zero attached hydrogens (tertiary/aromatic N) is 2. The number of aryl methyl sites for hydroxylation is 1. The molecule has 0 aliphatic rings. The highest BCUT2D eigenvalue weighted by Crippen LogP contribution is 2.32. The molecule has 8 nitrogen and oxygen atoms in total. The number of benzene rings is 1. The number of nitrogens with one attached hydrogen (secondary N) is 2. The standard InChI is InChI=1S/C21H20N4O4S/c1-12-19(30-21(23-12)18-5-4-8-29-18)11-22-20(26)16-10-15(24-25-16)14-9-13(27-2)6-7-17(14)28-3/h4-10H,11H2,1-3H3,(H,22,26)(H,24,25). The molecule has 0 spiro atoms. The van der Waals surface area contributed by atoms with Crippen LogP contribution in [0.15, 0.2) is 47.1 Å². The summed E-state index contributed by atoms with van der Waals surface area (Å²) in [6.45, 7) is 2.27. The van der Waals surface area contributed by atoms with Crippen LogP contribution in [-0.4, -0.2) is 35.3 Å². The van der Waals surface area contributed by atoms with Crippen LogP contribution in [0, 0.1) is 6.92 Å². The van der Waals surface area contributed by atoms with Crippen molar-refractivity contribution in [1.29, 1.82) is 0 Å². The summed E-state index contributed by atoms with van der Waals surface area (Å²) in [4.78, 5) is 18.1. The second-order valence-corrected chi connectivity index (χ2v) is 7.50. The molecule has 0 bridgehead atoms. The molecule has 0 aliphatic carbocycles. The predicted molar refractivity (Wildman–Crippen MR) is 113 cm³/mol. The van der Waals surface area contributed by atoms with Gasteiger partial charge in [-0.2, -0.15) is 5.10 Å². The van der Waals surface area contributed by atoms with E-state index in [9.17, 15) is 4.79 Å². The number of aromatic amines is 1. The molecule has 4 rings (SSSR count). The van der Waals surface area contributed by atoms with E-state index in [-0.39, 0.29) is 5.91 Å². The van der Waals surface area contributed by atoms with Gasteiger partial charge in [0, 0.05) is 10.4 Å². The van der Waals surface area contributed by atoms with Crippen molar-refractivity contribution in [2.45, 2.75) is 13.5 Å².